The lowest BCUT2D eigenvalue weighted by Crippen LogP contribution is -2.36. The Kier molecular flexibility index (Phi) is 5.33. The molecule has 1 saturated heterocycles. The maximum Gasteiger partial charge on any atom is 0.322 e. The molecular weight excluding hydrogens is 268 g/mol. The predicted molar refractivity (Wildman–Crippen MR) is 79.9 cm³/mol. The van der Waals surface area contributed by atoms with E-state index in [-0.39, 0.29) is 24.0 Å². The van der Waals surface area contributed by atoms with E-state index in [4.69, 9.17) is 0 Å². The van der Waals surface area contributed by atoms with E-state index in [9.17, 15) is 9.59 Å². The quantitative estimate of drug-likeness (QED) is 0.792. The summed E-state index contributed by atoms with van der Waals surface area (Å²) < 4.78 is 4.69. The molecule has 0 aromatic heterocycles. The van der Waals surface area contributed by atoms with Crippen LogP contribution in [0.15, 0.2) is 24.3 Å². The molecule has 2 rings (SSSR count). The van der Waals surface area contributed by atoms with Crippen molar-refractivity contribution in [1.29, 1.82) is 0 Å². The van der Waals surface area contributed by atoms with Crippen molar-refractivity contribution >= 4 is 11.9 Å². The van der Waals surface area contributed by atoms with E-state index >= 15 is 0 Å². The molecule has 5 nitrogen and oxygen atoms in total. The number of carbonyl (C=O) groups excluding carboxylic acids is 2. The van der Waals surface area contributed by atoms with Gasteiger partial charge in [0, 0.05) is 19.0 Å². The first-order chi connectivity index (χ1) is 10.1. The lowest BCUT2D eigenvalue weighted by Gasteiger charge is -2.11. The number of nitrogens with one attached hydrogen (secondary N) is 2. The Bertz CT molecular complexity index is 499. The van der Waals surface area contributed by atoms with E-state index in [2.05, 4.69) is 27.5 Å². The number of benzene rings is 1. The number of carbonyl (C=O) groups is 2. The Balaban J connectivity index is 1.73. The zero-order valence-corrected chi connectivity index (χ0v) is 12.5. The highest BCUT2D eigenvalue weighted by atomic mass is 16.5. The van der Waals surface area contributed by atoms with Crippen LogP contribution in [0.2, 0.25) is 0 Å². The number of rotatable bonds is 5. The highest BCUT2D eigenvalue weighted by Gasteiger charge is 2.30. The van der Waals surface area contributed by atoms with Crippen molar-refractivity contribution in [3.05, 3.63) is 35.4 Å². The third kappa shape index (κ3) is 4.56. The second kappa shape index (κ2) is 7.22. The molecule has 0 radical (unpaired) electrons. The maximum absolute atomic E-state index is 11.9. The van der Waals surface area contributed by atoms with Gasteiger partial charge in [-0.05, 0) is 25.3 Å². The minimum Gasteiger partial charge on any atom is -0.468 e. The molecule has 0 unspecified atom stereocenters. The summed E-state index contributed by atoms with van der Waals surface area (Å²) in [7, 11) is 1.37. The van der Waals surface area contributed by atoms with E-state index in [0.29, 0.717) is 19.4 Å². The Hall–Kier alpha value is -1.88. The van der Waals surface area contributed by atoms with Gasteiger partial charge < -0.3 is 15.4 Å². The number of aryl methyl sites for hydroxylation is 2. The number of hydrogen-bond donors (Lipinski definition) is 2. The molecule has 5 heteroatoms. The monoisotopic (exact) mass is 290 g/mol. The molecule has 1 aliphatic heterocycles. The zero-order chi connectivity index (χ0) is 15.2. The molecule has 0 saturated carbocycles. The first-order valence-corrected chi connectivity index (χ1v) is 7.24. The normalized spacial score (nSPS) is 21.0. The van der Waals surface area contributed by atoms with E-state index in [1.807, 2.05) is 19.1 Å². The summed E-state index contributed by atoms with van der Waals surface area (Å²) in [6.45, 7) is 2.65. The van der Waals surface area contributed by atoms with Gasteiger partial charge in [-0.15, -0.1) is 0 Å². The molecule has 1 aliphatic rings. The van der Waals surface area contributed by atoms with Gasteiger partial charge in [0.05, 0.1) is 7.11 Å². The zero-order valence-electron chi connectivity index (χ0n) is 12.5. The first kappa shape index (κ1) is 15.5. The Morgan fingerprint density at radius 1 is 1.33 bits per heavy atom. The van der Waals surface area contributed by atoms with Gasteiger partial charge in [-0.1, -0.05) is 29.8 Å². The van der Waals surface area contributed by atoms with Crippen LogP contribution in [0.5, 0.6) is 0 Å². The van der Waals surface area contributed by atoms with Crippen molar-refractivity contribution in [3.63, 3.8) is 0 Å². The third-order valence-corrected chi connectivity index (χ3v) is 3.74. The van der Waals surface area contributed by atoms with Crippen molar-refractivity contribution in [1.82, 2.24) is 10.6 Å². The van der Waals surface area contributed by atoms with Gasteiger partial charge in [0.2, 0.25) is 5.91 Å². The van der Waals surface area contributed by atoms with Crippen LogP contribution in [0.25, 0.3) is 0 Å². The average Bonchev–Trinajstić information content (AvgIpc) is 2.94. The summed E-state index contributed by atoms with van der Waals surface area (Å²) in [4.78, 5) is 23.3. The highest BCUT2D eigenvalue weighted by Crippen LogP contribution is 2.09. The summed E-state index contributed by atoms with van der Waals surface area (Å²) in [5.74, 6) is -0.251. The maximum atomic E-state index is 11.9. The Morgan fingerprint density at radius 3 is 2.71 bits per heavy atom. The summed E-state index contributed by atoms with van der Waals surface area (Å²) in [6, 6.07) is 7.89. The number of ether oxygens (including phenoxy) is 1. The number of esters is 1. The molecule has 1 heterocycles. The highest BCUT2D eigenvalue weighted by molar-refractivity contribution is 5.78. The van der Waals surface area contributed by atoms with Crippen LogP contribution in [-0.2, 0) is 20.7 Å². The largest absolute Gasteiger partial charge is 0.468 e. The molecule has 0 aliphatic carbocycles. The molecular formula is C16H22N2O3. The molecule has 21 heavy (non-hydrogen) atoms. The van der Waals surface area contributed by atoms with Gasteiger partial charge in [0.25, 0.3) is 0 Å². The lowest BCUT2D eigenvalue weighted by atomic mass is 10.1. The first-order valence-electron chi connectivity index (χ1n) is 7.24. The molecule has 1 amide bonds. The van der Waals surface area contributed by atoms with Crippen LogP contribution < -0.4 is 10.6 Å². The molecule has 2 atom stereocenters. The van der Waals surface area contributed by atoms with Crippen molar-refractivity contribution in [2.45, 2.75) is 38.3 Å². The van der Waals surface area contributed by atoms with Crippen molar-refractivity contribution in [2.24, 2.45) is 0 Å². The smallest absolute Gasteiger partial charge is 0.322 e. The molecule has 114 valence electrons. The second-order valence-corrected chi connectivity index (χ2v) is 5.47. The average molecular weight is 290 g/mol. The summed E-state index contributed by atoms with van der Waals surface area (Å²) in [5.41, 5.74) is 2.38. The Morgan fingerprint density at radius 2 is 2.05 bits per heavy atom. The van der Waals surface area contributed by atoms with Gasteiger partial charge in [-0.2, -0.15) is 0 Å². The SMILES string of the molecule is COC(=O)[C@@H]1C[C@H](NC(=O)CCc2ccc(C)cc2)CN1. The van der Waals surface area contributed by atoms with Crippen molar-refractivity contribution in [3.8, 4) is 0 Å². The van der Waals surface area contributed by atoms with Crippen LogP contribution in [-0.4, -0.2) is 37.6 Å². The van der Waals surface area contributed by atoms with Gasteiger partial charge >= 0.3 is 5.97 Å². The minimum absolute atomic E-state index is 0.000354. The van der Waals surface area contributed by atoms with Gasteiger partial charge in [0.1, 0.15) is 6.04 Å². The second-order valence-electron chi connectivity index (χ2n) is 5.47. The lowest BCUT2D eigenvalue weighted by molar-refractivity contribution is -0.142. The van der Waals surface area contributed by atoms with Crippen LogP contribution in [0.4, 0.5) is 0 Å². The summed E-state index contributed by atoms with van der Waals surface area (Å²) in [5, 5.41) is 6.01. The van der Waals surface area contributed by atoms with Gasteiger partial charge in [0.15, 0.2) is 0 Å². The Labute approximate surface area is 125 Å². The van der Waals surface area contributed by atoms with E-state index in [1.54, 1.807) is 0 Å². The van der Waals surface area contributed by atoms with Crippen LogP contribution in [0, 0.1) is 6.92 Å². The van der Waals surface area contributed by atoms with Gasteiger partial charge in [-0.25, -0.2) is 0 Å². The van der Waals surface area contributed by atoms with Gasteiger partial charge in [-0.3, -0.25) is 9.59 Å². The number of hydrogen-bond acceptors (Lipinski definition) is 4. The standard InChI is InChI=1S/C16H22N2O3/c1-11-3-5-12(6-4-11)7-8-15(19)18-13-9-14(17-10-13)16(20)21-2/h3-6,13-14,17H,7-10H2,1-2H3,(H,18,19)/t13-,14-/m0/s1. The van der Waals surface area contributed by atoms with E-state index in [0.717, 1.165) is 12.0 Å². The fraction of sp³-hybridized carbons (Fsp3) is 0.500. The fourth-order valence-electron chi connectivity index (χ4n) is 2.48. The molecule has 0 spiro atoms. The fourth-order valence-corrected chi connectivity index (χ4v) is 2.48. The van der Waals surface area contributed by atoms with Crippen LogP contribution >= 0.6 is 0 Å². The van der Waals surface area contributed by atoms with Crippen molar-refractivity contribution in [2.75, 3.05) is 13.7 Å². The van der Waals surface area contributed by atoms with Crippen LogP contribution in [0.3, 0.4) is 0 Å². The van der Waals surface area contributed by atoms with E-state index < -0.39 is 0 Å². The molecule has 2 N–H and O–H groups in total. The summed E-state index contributed by atoms with van der Waals surface area (Å²) >= 11 is 0. The number of methoxy groups -OCH3 is 1. The minimum atomic E-state index is -0.308. The topological polar surface area (TPSA) is 67.4 Å². The third-order valence-electron chi connectivity index (χ3n) is 3.74. The molecule has 1 aromatic rings. The van der Waals surface area contributed by atoms with Crippen molar-refractivity contribution < 1.29 is 14.3 Å². The molecule has 0 bridgehead atoms. The van der Waals surface area contributed by atoms with E-state index in [1.165, 1.54) is 12.7 Å². The molecule has 1 fully saturated rings. The molecule has 1 aromatic carbocycles. The summed E-state index contributed by atoms with van der Waals surface area (Å²) in [6.07, 6.45) is 1.78. The predicted octanol–water partition coefficient (Wildman–Crippen LogP) is 0.947. The number of amides is 1. The van der Waals surface area contributed by atoms with Crippen LogP contribution in [0.1, 0.15) is 24.0 Å².